The van der Waals surface area contributed by atoms with Crippen molar-refractivity contribution in [3.63, 3.8) is 0 Å². The monoisotopic (exact) mass is 481 g/mol. The minimum absolute atomic E-state index is 0.0320. The fourth-order valence-electron chi connectivity index (χ4n) is 4.18. The molecule has 0 spiro atoms. The van der Waals surface area contributed by atoms with Crippen LogP contribution in [0.5, 0.6) is 0 Å². The van der Waals surface area contributed by atoms with Crippen molar-refractivity contribution in [2.45, 2.75) is 49.8 Å². The summed E-state index contributed by atoms with van der Waals surface area (Å²) < 4.78 is 27.4. The molecule has 10 heteroatoms. The van der Waals surface area contributed by atoms with E-state index in [0.717, 1.165) is 55.4 Å². The van der Waals surface area contributed by atoms with E-state index in [1.165, 1.54) is 33.8 Å². The molecule has 1 saturated heterocycles. The number of hydrogen-bond donors (Lipinski definition) is 2. The Balaban J connectivity index is 1.65. The lowest BCUT2D eigenvalue weighted by atomic mass is 9.95. The van der Waals surface area contributed by atoms with Gasteiger partial charge in [0, 0.05) is 18.0 Å². The fraction of sp³-hybridized carbons (Fsp3) is 0.429. The summed E-state index contributed by atoms with van der Waals surface area (Å²) in [5, 5.41) is 3.28. The molecule has 1 aromatic carbocycles. The van der Waals surface area contributed by atoms with Crippen molar-refractivity contribution in [3.05, 3.63) is 44.8 Å². The maximum atomic E-state index is 13.0. The lowest BCUT2D eigenvalue weighted by Crippen LogP contribution is -2.35. The molecule has 0 unspecified atom stereocenters. The molecule has 1 aliphatic heterocycles. The minimum atomic E-state index is -3.71. The number of nitrogens with two attached hydrogens (primary N) is 1. The number of benzene rings is 1. The number of nitrogens with one attached hydrogen (secondary N) is 1. The number of amides is 2. The van der Waals surface area contributed by atoms with Gasteiger partial charge in [-0.1, -0.05) is 18.0 Å². The van der Waals surface area contributed by atoms with Crippen LogP contribution in [0.2, 0.25) is 5.02 Å². The number of rotatable bonds is 5. The number of aryl methyl sites for hydroxylation is 1. The third kappa shape index (κ3) is 4.37. The van der Waals surface area contributed by atoms with E-state index in [1.807, 2.05) is 0 Å². The smallest absolute Gasteiger partial charge is 0.257 e. The summed E-state index contributed by atoms with van der Waals surface area (Å²) in [4.78, 5) is 26.2. The van der Waals surface area contributed by atoms with Crippen LogP contribution in [-0.4, -0.2) is 37.6 Å². The normalized spacial score (nSPS) is 17.2. The molecular weight excluding hydrogens is 458 g/mol. The number of fused-ring (bicyclic) bond motifs is 1. The van der Waals surface area contributed by atoms with Crippen molar-refractivity contribution >= 4 is 49.8 Å². The van der Waals surface area contributed by atoms with Crippen LogP contribution in [0.15, 0.2) is 23.1 Å². The molecule has 1 aromatic heterocycles. The van der Waals surface area contributed by atoms with Crippen molar-refractivity contribution in [1.82, 2.24) is 4.31 Å². The van der Waals surface area contributed by atoms with Gasteiger partial charge < -0.3 is 11.1 Å². The molecule has 2 heterocycles. The molecule has 2 aromatic rings. The molecule has 0 atom stereocenters. The quantitative estimate of drug-likeness (QED) is 0.676. The Morgan fingerprint density at radius 1 is 1.06 bits per heavy atom. The second-order valence-electron chi connectivity index (χ2n) is 7.84. The summed E-state index contributed by atoms with van der Waals surface area (Å²) in [6.45, 7) is 0.935. The number of hydrogen-bond acceptors (Lipinski definition) is 5. The van der Waals surface area contributed by atoms with Crippen LogP contribution in [0.3, 0.4) is 0 Å². The number of sulfonamides is 1. The lowest BCUT2D eigenvalue weighted by Gasteiger charge is -2.26. The third-order valence-corrected chi connectivity index (χ3v) is 9.21. The van der Waals surface area contributed by atoms with Crippen LogP contribution < -0.4 is 11.1 Å². The van der Waals surface area contributed by atoms with E-state index in [-0.39, 0.29) is 15.5 Å². The first-order valence-corrected chi connectivity index (χ1v) is 13.0. The molecule has 0 radical (unpaired) electrons. The predicted octanol–water partition coefficient (Wildman–Crippen LogP) is 3.81. The van der Waals surface area contributed by atoms with Crippen molar-refractivity contribution < 1.29 is 18.0 Å². The zero-order valence-electron chi connectivity index (χ0n) is 16.9. The SMILES string of the molecule is NC(=O)c1c(NC(=O)c2cc(S(=O)(=O)N3CCCCC3)ccc2Cl)sc2c1CCCC2. The van der Waals surface area contributed by atoms with E-state index in [9.17, 15) is 18.0 Å². The largest absolute Gasteiger partial charge is 0.365 e. The summed E-state index contributed by atoms with van der Waals surface area (Å²) in [6, 6.07) is 4.14. The average molecular weight is 482 g/mol. The number of carbonyl (C=O) groups is 2. The molecule has 166 valence electrons. The number of halogens is 1. The van der Waals surface area contributed by atoms with Gasteiger partial charge in [-0.15, -0.1) is 11.3 Å². The highest BCUT2D eigenvalue weighted by Crippen LogP contribution is 2.38. The fourth-order valence-corrected chi connectivity index (χ4v) is 7.22. The molecule has 3 N–H and O–H groups in total. The first kappa shape index (κ1) is 22.3. The number of nitrogens with zero attached hydrogens (tertiary/aromatic N) is 1. The van der Waals surface area contributed by atoms with E-state index in [1.54, 1.807) is 0 Å². The standard InChI is InChI=1S/C21H24ClN3O4S2/c22-16-9-8-13(31(28,29)25-10-4-1-5-11-25)12-15(16)20(27)24-21-18(19(23)26)14-6-2-3-7-17(14)30-21/h8-9,12H,1-7,10-11H2,(H2,23,26)(H,24,27). The van der Waals surface area contributed by atoms with Gasteiger partial charge >= 0.3 is 0 Å². The van der Waals surface area contributed by atoms with Crippen molar-refractivity contribution in [3.8, 4) is 0 Å². The van der Waals surface area contributed by atoms with Gasteiger partial charge in [0.15, 0.2) is 0 Å². The highest BCUT2D eigenvalue weighted by molar-refractivity contribution is 7.89. The molecule has 1 aliphatic carbocycles. The molecule has 0 bridgehead atoms. The van der Waals surface area contributed by atoms with Crippen molar-refractivity contribution in [2.24, 2.45) is 5.73 Å². The maximum absolute atomic E-state index is 13.0. The van der Waals surface area contributed by atoms with Gasteiger partial charge in [-0.25, -0.2) is 8.42 Å². The molecule has 31 heavy (non-hydrogen) atoms. The van der Waals surface area contributed by atoms with Gasteiger partial charge in [0.05, 0.1) is 21.0 Å². The van der Waals surface area contributed by atoms with E-state index < -0.39 is 21.8 Å². The summed E-state index contributed by atoms with van der Waals surface area (Å²) in [6.07, 6.45) is 6.25. The zero-order chi connectivity index (χ0) is 22.2. The van der Waals surface area contributed by atoms with Gasteiger partial charge in [0.2, 0.25) is 10.0 Å². The Morgan fingerprint density at radius 2 is 1.77 bits per heavy atom. The molecule has 7 nitrogen and oxygen atoms in total. The van der Waals surface area contributed by atoms with Gasteiger partial charge in [-0.2, -0.15) is 4.31 Å². The van der Waals surface area contributed by atoms with Crippen LogP contribution >= 0.6 is 22.9 Å². The van der Waals surface area contributed by atoms with E-state index in [0.29, 0.717) is 23.7 Å². The minimum Gasteiger partial charge on any atom is -0.365 e. The number of carbonyl (C=O) groups excluding carboxylic acids is 2. The summed E-state index contributed by atoms with van der Waals surface area (Å²) >= 11 is 7.59. The molecule has 1 fully saturated rings. The molecule has 0 saturated carbocycles. The molecule has 2 amide bonds. The molecular formula is C21H24ClN3O4S2. The first-order valence-electron chi connectivity index (χ1n) is 10.3. The van der Waals surface area contributed by atoms with Crippen LogP contribution in [0.4, 0.5) is 5.00 Å². The second kappa shape index (κ2) is 8.90. The maximum Gasteiger partial charge on any atom is 0.257 e. The van der Waals surface area contributed by atoms with E-state index >= 15 is 0 Å². The van der Waals surface area contributed by atoms with Gasteiger partial charge in [0.1, 0.15) is 5.00 Å². The number of thiophene rings is 1. The average Bonchev–Trinajstić information content (AvgIpc) is 3.12. The Labute approximate surface area is 190 Å². The second-order valence-corrected chi connectivity index (χ2v) is 11.3. The topological polar surface area (TPSA) is 110 Å². The lowest BCUT2D eigenvalue weighted by molar-refractivity contribution is 0.100. The van der Waals surface area contributed by atoms with Crippen LogP contribution in [-0.2, 0) is 22.9 Å². The van der Waals surface area contributed by atoms with Gasteiger partial charge in [-0.3, -0.25) is 9.59 Å². The van der Waals surface area contributed by atoms with Gasteiger partial charge in [-0.05, 0) is 62.3 Å². The summed E-state index contributed by atoms with van der Waals surface area (Å²) in [5.41, 5.74) is 6.90. The number of primary amides is 1. The Hall–Kier alpha value is -1.94. The van der Waals surface area contributed by atoms with Crippen LogP contribution in [0.1, 0.15) is 63.3 Å². The highest BCUT2D eigenvalue weighted by atomic mass is 35.5. The van der Waals surface area contributed by atoms with Crippen molar-refractivity contribution in [2.75, 3.05) is 18.4 Å². The summed E-state index contributed by atoms with van der Waals surface area (Å²) in [5.74, 6) is -1.15. The zero-order valence-corrected chi connectivity index (χ0v) is 19.3. The Kier molecular flexibility index (Phi) is 6.39. The van der Waals surface area contributed by atoms with E-state index in [2.05, 4.69) is 5.32 Å². The first-order chi connectivity index (χ1) is 14.8. The molecule has 2 aliphatic rings. The Bertz CT molecular complexity index is 1140. The van der Waals surface area contributed by atoms with Gasteiger partial charge in [0.25, 0.3) is 11.8 Å². The van der Waals surface area contributed by atoms with Crippen LogP contribution in [0.25, 0.3) is 0 Å². The number of piperidine rings is 1. The van der Waals surface area contributed by atoms with Crippen molar-refractivity contribution in [1.29, 1.82) is 0 Å². The van der Waals surface area contributed by atoms with Crippen LogP contribution in [0, 0.1) is 0 Å². The van der Waals surface area contributed by atoms with E-state index in [4.69, 9.17) is 17.3 Å². The summed E-state index contributed by atoms with van der Waals surface area (Å²) in [7, 11) is -3.71. The number of anilines is 1. The Morgan fingerprint density at radius 3 is 2.48 bits per heavy atom. The third-order valence-electron chi connectivity index (χ3n) is 5.78. The highest BCUT2D eigenvalue weighted by Gasteiger charge is 2.29. The predicted molar refractivity (Wildman–Crippen MR) is 121 cm³/mol. The molecule has 4 rings (SSSR count).